The zero-order chi connectivity index (χ0) is 45.1. The number of hydrogen-bond acceptors (Lipinski definition) is 1. The summed E-state index contributed by atoms with van der Waals surface area (Å²) in [7, 11) is 0. The van der Waals surface area contributed by atoms with Crippen LogP contribution in [0.1, 0.15) is 68.2 Å². The molecule has 68 heavy (non-hydrogen) atoms. The van der Waals surface area contributed by atoms with Crippen LogP contribution in [0.3, 0.4) is 0 Å². The quantitative estimate of drug-likeness (QED) is 0.154. The van der Waals surface area contributed by atoms with E-state index in [9.17, 15) is 0 Å². The molecule has 0 radical (unpaired) electrons. The van der Waals surface area contributed by atoms with Gasteiger partial charge in [0.2, 0.25) is 0 Å². The largest absolute Gasteiger partial charge is 0.310 e. The van der Waals surface area contributed by atoms with E-state index in [1.807, 2.05) is 0 Å². The van der Waals surface area contributed by atoms with Crippen LogP contribution in [0.25, 0.3) is 66.8 Å². The molecule has 6 aliphatic rings. The Bertz CT molecular complexity index is 3400. The van der Waals surface area contributed by atoms with Gasteiger partial charge in [0.25, 0.3) is 0 Å². The highest BCUT2D eigenvalue weighted by atomic mass is 15.1. The summed E-state index contributed by atoms with van der Waals surface area (Å²) in [6, 6.07) is 80.5. The third kappa shape index (κ3) is 5.81. The predicted octanol–water partition coefficient (Wildman–Crippen LogP) is 17.9. The molecule has 0 amide bonds. The molecule has 0 atom stereocenters. The van der Waals surface area contributed by atoms with E-state index < -0.39 is 0 Å². The van der Waals surface area contributed by atoms with Crippen LogP contribution in [0, 0.1) is 23.7 Å². The van der Waals surface area contributed by atoms with E-state index in [1.54, 1.807) is 11.1 Å². The fourth-order valence-corrected chi connectivity index (χ4v) is 14.9. The molecular weight excluding hydrogens is 819 g/mol. The lowest BCUT2D eigenvalue weighted by molar-refractivity contribution is -0.0399. The van der Waals surface area contributed by atoms with Gasteiger partial charge in [-0.05, 0) is 176 Å². The van der Waals surface area contributed by atoms with Crippen LogP contribution >= 0.6 is 0 Å². The van der Waals surface area contributed by atoms with Gasteiger partial charge in [0.1, 0.15) is 0 Å². The second kappa shape index (κ2) is 15.1. The molecule has 0 aliphatic heterocycles. The van der Waals surface area contributed by atoms with Gasteiger partial charge in [0, 0.05) is 27.8 Å². The van der Waals surface area contributed by atoms with E-state index in [4.69, 9.17) is 0 Å². The molecule has 1 nitrogen and oxygen atoms in total. The zero-order valence-corrected chi connectivity index (χ0v) is 39.0. The smallest absolute Gasteiger partial charge is 0.0540 e. The van der Waals surface area contributed by atoms with Crippen molar-refractivity contribution in [2.75, 3.05) is 4.90 Å². The molecule has 9 aromatic rings. The highest BCUT2D eigenvalue weighted by Gasteiger charge is 2.61. The number of benzene rings is 9. The van der Waals surface area contributed by atoms with Gasteiger partial charge in [-0.15, -0.1) is 0 Å². The van der Waals surface area contributed by atoms with Crippen molar-refractivity contribution in [2.24, 2.45) is 23.7 Å². The summed E-state index contributed by atoms with van der Waals surface area (Å²) in [4.78, 5) is 2.58. The van der Waals surface area contributed by atoms with Crippen LogP contribution in [0.2, 0.25) is 0 Å². The summed E-state index contributed by atoms with van der Waals surface area (Å²) in [6.07, 6.45) is 6.92. The first-order chi connectivity index (χ1) is 33.4. The zero-order valence-electron chi connectivity index (χ0n) is 39.0. The minimum atomic E-state index is -0.100. The normalized spacial score (nSPS) is 21.9. The van der Waals surface area contributed by atoms with Gasteiger partial charge in [0.05, 0.1) is 5.69 Å². The molecule has 4 fully saturated rings. The molecule has 0 saturated heterocycles. The molecule has 6 aliphatic carbocycles. The molecule has 1 heteroatoms. The van der Waals surface area contributed by atoms with E-state index in [-0.39, 0.29) is 10.8 Å². The summed E-state index contributed by atoms with van der Waals surface area (Å²) < 4.78 is 0. The average Bonchev–Trinajstić information content (AvgIpc) is 3.81. The van der Waals surface area contributed by atoms with Crippen molar-refractivity contribution in [1.82, 2.24) is 0 Å². The van der Waals surface area contributed by atoms with Crippen LogP contribution in [-0.4, -0.2) is 0 Å². The van der Waals surface area contributed by atoms with Crippen LogP contribution in [0.5, 0.6) is 0 Å². The number of anilines is 3. The Morgan fingerprint density at radius 1 is 0.338 bits per heavy atom. The lowest BCUT2D eigenvalue weighted by atomic mass is 9.43. The minimum absolute atomic E-state index is 0.0698. The summed E-state index contributed by atoms with van der Waals surface area (Å²) in [5.41, 5.74) is 25.1. The van der Waals surface area contributed by atoms with Crippen molar-refractivity contribution in [3.8, 4) is 66.8 Å². The van der Waals surface area contributed by atoms with Crippen LogP contribution in [0.4, 0.5) is 17.1 Å². The molecule has 1 spiro atoms. The summed E-state index contributed by atoms with van der Waals surface area (Å²) in [5, 5.41) is 0. The molecule has 0 unspecified atom stereocenters. The van der Waals surface area contributed by atoms with Gasteiger partial charge >= 0.3 is 0 Å². The highest BCUT2D eigenvalue weighted by molar-refractivity contribution is 5.95. The molecule has 4 saturated carbocycles. The summed E-state index contributed by atoms with van der Waals surface area (Å²) >= 11 is 0. The SMILES string of the molecule is CC1(C)c2ccccc2-c2cccc(-c3ccc(N(c4ccc5c(c4)C4(c6ccccc6-5)C5CC6CC(C5)CC4C6)c4ccccc4-c4ccc(-c5ccccc5)c(-c5ccccc5)c4)cc3)c21. The minimum Gasteiger partial charge on any atom is -0.310 e. The topological polar surface area (TPSA) is 3.24 Å². The first-order valence-corrected chi connectivity index (χ1v) is 25.2. The van der Waals surface area contributed by atoms with Crippen molar-refractivity contribution in [3.63, 3.8) is 0 Å². The molecule has 0 N–H and O–H groups in total. The second-order valence-electron chi connectivity index (χ2n) is 21.2. The predicted molar refractivity (Wildman–Crippen MR) is 284 cm³/mol. The molecule has 328 valence electrons. The van der Waals surface area contributed by atoms with Crippen molar-refractivity contribution >= 4 is 17.1 Å². The van der Waals surface area contributed by atoms with Gasteiger partial charge in [-0.3, -0.25) is 0 Å². The third-order valence-corrected chi connectivity index (χ3v) is 17.5. The van der Waals surface area contributed by atoms with Gasteiger partial charge in [-0.2, -0.15) is 0 Å². The van der Waals surface area contributed by atoms with Gasteiger partial charge in [-0.1, -0.05) is 190 Å². The van der Waals surface area contributed by atoms with Crippen LogP contribution in [0.15, 0.2) is 212 Å². The van der Waals surface area contributed by atoms with E-state index in [2.05, 4.69) is 231 Å². The maximum atomic E-state index is 2.65. The maximum Gasteiger partial charge on any atom is 0.0540 e. The third-order valence-electron chi connectivity index (χ3n) is 17.5. The second-order valence-corrected chi connectivity index (χ2v) is 21.2. The van der Waals surface area contributed by atoms with Gasteiger partial charge in [-0.25, -0.2) is 0 Å². The Morgan fingerprint density at radius 2 is 0.838 bits per heavy atom. The first kappa shape index (κ1) is 39.9. The molecular formula is C67H55N. The fourth-order valence-electron chi connectivity index (χ4n) is 14.9. The Hall–Kier alpha value is -7.22. The molecule has 9 aromatic carbocycles. The van der Waals surface area contributed by atoms with Crippen molar-refractivity contribution in [1.29, 1.82) is 0 Å². The van der Waals surface area contributed by atoms with E-state index in [1.165, 1.54) is 121 Å². The van der Waals surface area contributed by atoms with E-state index in [0.717, 1.165) is 17.5 Å². The molecule has 0 heterocycles. The Kier molecular flexibility index (Phi) is 8.89. The van der Waals surface area contributed by atoms with Crippen molar-refractivity contribution in [2.45, 2.75) is 56.8 Å². The number of para-hydroxylation sites is 1. The van der Waals surface area contributed by atoms with Gasteiger partial charge in [0.15, 0.2) is 0 Å². The van der Waals surface area contributed by atoms with Crippen LogP contribution < -0.4 is 4.90 Å². The lowest BCUT2D eigenvalue weighted by Gasteiger charge is -2.61. The molecule has 15 rings (SSSR count). The number of nitrogens with zero attached hydrogens (tertiary/aromatic N) is 1. The first-order valence-electron chi connectivity index (χ1n) is 25.2. The van der Waals surface area contributed by atoms with Gasteiger partial charge < -0.3 is 4.90 Å². The standard InChI is InChI=1S/C67H55N/c1-66(2)61-25-12-9-22-57(61)59-24-15-23-55(65(59)66)47-28-31-51(32-29-47)68(52-33-35-58-56-21-10-13-26-62(56)67(63(58)42-52)49-37-43-36-44(39-49)40-50(67)38-43)64-27-14-11-20-54(64)48-30-34-53(45-16-5-3-6-17-45)60(41-48)46-18-7-4-8-19-46/h3-35,41-44,49-50H,36-40H2,1-2H3. The fraction of sp³-hybridized carbons (Fsp3) is 0.194. The number of rotatable bonds is 7. The molecule has 4 bridgehead atoms. The Morgan fingerprint density at radius 3 is 1.54 bits per heavy atom. The number of hydrogen-bond donors (Lipinski definition) is 0. The highest BCUT2D eigenvalue weighted by Crippen LogP contribution is 2.69. The Labute approximate surface area is 401 Å². The van der Waals surface area contributed by atoms with E-state index in [0.29, 0.717) is 11.8 Å². The monoisotopic (exact) mass is 873 g/mol. The van der Waals surface area contributed by atoms with E-state index >= 15 is 0 Å². The Balaban J connectivity index is 0.957. The number of fused-ring (bicyclic) bond motifs is 6. The maximum absolute atomic E-state index is 2.65. The molecule has 0 aromatic heterocycles. The lowest BCUT2D eigenvalue weighted by Crippen LogP contribution is -2.55. The average molecular weight is 874 g/mol. The van der Waals surface area contributed by atoms with Crippen molar-refractivity contribution in [3.05, 3.63) is 235 Å². The van der Waals surface area contributed by atoms with Crippen LogP contribution in [-0.2, 0) is 10.8 Å². The van der Waals surface area contributed by atoms with Crippen molar-refractivity contribution < 1.29 is 0 Å². The summed E-state index contributed by atoms with van der Waals surface area (Å²) in [5.74, 6) is 3.17. The summed E-state index contributed by atoms with van der Waals surface area (Å²) in [6.45, 7) is 4.79.